The number of aliphatic hydroxyl groups excluding tert-OH is 1. The van der Waals surface area contributed by atoms with Crippen molar-refractivity contribution in [3.05, 3.63) is 27.4 Å². The van der Waals surface area contributed by atoms with E-state index < -0.39 is 0 Å². The lowest BCUT2D eigenvalue weighted by Crippen LogP contribution is -1.70. The average molecular weight is 211 g/mol. The second-order valence-corrected chi connectivity index (χ2v) is 4.97. The van der Waals surface area contributed by atoms with Gasteiger partial charge in [-0.1, -0.05) is 0 Å². The number of thiazole rings is 1. The SMILES string of the molecule is Cc1cc(-c2ncc(CO)s2)cs1. The monoisotopic (exact) mass is 211 g/mol. The minimum absolute atomic E-state index is 0.0841. The van der Waals surface area contributed by atoms with Crippen LogP contribution in [0.5, 0.6) is 0 Å². The third kappa shape index (κ3) is 1.80. The van der Waals surface area contributed by atoms with Crippen LogP contribution in [-0.4, -0.2) is 10.1 Å². The first-order valence-corrected chi connectivity index (χ1v) is 5.60. The third-order valence-electron chi connectivity index (χ3n) is 1.69. The molecule has 4 heteroatoms. The second kappa shape index (κ2) is 3.57. The van der Waals surface area contributed by atoms with Gasteiger partial charge in [0, 0.05) is 22.0 Å². The van der Waals surface area contributed by atoms with E-state index in [1.807, 2.05) is 0 Å². The molecule has 1 N–H and O–H groups in total. The van der Waals surface area contributed by atoms with Gasteiger partial charge in [-0.2, -0.15) is 0 Å². The lowest BCUT2D eigenvalue weighted by atomic mass is 10.3. The molecule has 0 unspecified atom stereocenters. The Morgan fingerprint density at radius 1 is 1.54 bits per heavy atom. The van der Waals surface area contributed by atoms with E-state index in [1.54, 1.807) is 28.9 Å². The second-order valence-electron chi connectivity index (χ2n) is 2.74. The predicted octanol–water partition coefficient (Wildman–Crippen LogP) is 2.67. The summed E-state index contributed by atoms with van der Waals surface area (Å²) in [4.78, 5) is 6.44. The largest absolute Gasteiger partial charge is 0.391 e. The van der Waals surface area contributed by atoms with Gasteiger partial charge in [0.05, 0.1) is 11.5 Å². The highest BCUT2D eigenvalue weighted by Gasteiger charge is 2.04. The minimum atomic E-state index is 0.0841. The molecule has 0 aliphatic heterocycles. The van der Waals surface area contributed by atoms with Crippen molar-refractivity contribution in [1.82, 2.24) is 4.98 Å². The molecule has 0 aromatic carbocycles. The summed E-state index contributed by atoms with van der Waals surface area (Å²) in [5, 5.41) is 12.0. The fraction of sp³-hybridized carbons (Fsp3) is 0.222. The van der Waals surface area contributed by atoms with Crippen molar-refractivity contribution in [1.29, 1.82) is 0 Å². The van der Waals surface area contributed by atoms with Gasteiger partial charge in [-0.05, 0) is 13.0 Å². The zero-order valence-corrected chi connectivity index (χ0v) is 8.78. The first kappa shape index (κ1) is 8.87. The highest BCUT2D eigenvalue weighted by atomic mass is 32.1. The van der Waals surface area contributed by atoms with Crippen molar-refractivity contribution in [3.63, 3.8) is 0 Å². The zero-order chi connectivity index (χ0) is 9.26. The maximum absolute atomic E-state index is 8.88. The topological polar surface area (TPSA) is 33.1 Å². The van der Waals surface area contributed by atoms with Gasteiger partial charge >= 0.3 is 0 Å². The van der Waals surface area contributed by atoms with Gasteiger partial charge in [-0.3, -0.25) is 0 Å². The molecule has 68 valence electrons. The third-order valence-corrected chi connectivity index (χ3v) is 3.58. The van der Waals surface area contributed by atoms with Crippen molar-refractivity contribution < 1.29 is 5.11 Å². The molecular weight excluding hydrogens is 202 g/mol. The summed E-state index contributed by atoms with van der Waals surface area (Å²) in [7, 11) is 0. The lowest BCUT2D eigenvalue weighted by molar-refractivity contribution is 0.285. The molecule has 2 nitrogen and oxygen atoms in total. The average Bonchev–Trinajstić information content (AvgIpc) is 2.71. The van der Waals surface area contributed by atoms with Crippen LogP contribution in [-0.2, 0) is 6.61 Å². The van der Waals surface area contributed by atoms with E-state index in [9.17, 15) is 0 Å². The Bertz CT molecular complexity index is 405. The zero-order valence-electron chi connectivity index (χ0n) is 7.15. The fourth-order valence-electron chi connectivity index (χ4n) is 1.07. The van der Waals surface area contributed by atoms with E-state index in [4.69, 9.17) is 5.11 Å². The first-order valence-electron chi connectivity index (χ1n) is 3.90. The summed E-state index contributed by atoms with van der Waals surface area (Å²) in [6, 6.07) is 2.12. The van der Waals surface area contributed by atoms with Crippen LogP contribution in [0.3, 0.4) is 0 Å². The Labute approximate surface area is 84.5 Å². The highest BCUT2D eigenvalue weighted by Crippen LogP contribution is 2.28. The number of nitrogens with zero attached hydrogens (tertiary/aromatic N) is 1. The molecule has 0 spiro atoms. The molecule has 2 rings (SSSR count). The fourth-order valence-corrected chi connectivity index (χ4v) is 2.59. The Hall–Kier alpha value is -0.710. The van der Waals surface area contributed by atoms with Crippen molar-refractivity contribution >= 4 is 22.7 Å². The van der Waals surface area contributed by atoms with E-state index in [0.29, 0.717) is 0 Å². The molecule has 0 fully saturated rings. The molecular formula is C9H9NOS2. The smallest absolute Gasteiger partial charge is 0.124 e. The molecule has 0 radical (unpaired) electrons. The van der Waals surface area contributed by atoms with Gasteiger partial charge in [0.2, 0.25) is 0 Å². The van der Waals surface area contributed by atoms with E-state index in [0.717, 1.165) is 15.4 Å². The van der Waals surface area contributed by atoms with E-state index in [-0.39, 0.29) is 6.61 Å². The van der Waals surface area contributed by atoms with Gasteiger partial charge in [-0.15, -0.1) is 22.7 Å². The van der Waals surface area contributed by atoms with Crippen molar-refractivity contribution in [2.45, 2.75) is 13.5 Å². The van der Waals surface area contributed by atoms with E-state index in [1.165, 1.54) is 4.88 Å². The molecule has 13 heavy (non-hydrogen) atoms. The standard InChI is InChI=1S/C9H9NOS2/c1-6-2-7(5-12-6)9-10-3-8(4-11)13-9/h2-3,5,11H,4H2,1H3. The van der Waals surface area contributed by atoms with Gasteiger partial charge in [-0.25, -0.2) is 4.98 Å². The van der Waals surface area contributed by atoms with E-state index >= 15 is 0 Å². The maximum Gasteiger partial charge on any atom is 0.124 e. The van der Waals surface area contributed by atoms with Crippen LogP contribution in [0, 0.1) is 6.92 Å². The summed E-state index contributed by atoms with van der Waals surface area (Å²) in [5.41, 5.74) is 1.16. The van der Waals surface area contributed by atoms with E-state index in [2.05, 4.69) is 23.4 Å². The Kier molecular flexibility index (Phi) is 2.44. The molecule has 0 atom stereocenters. The molecule has 0 aliphatic rings. The number of hydrogen-bond donors (Lipinski definition) is 1. The highest BCUT2D eigenvalue weighted by molar-refractivity contribution is 7.15. The summed E-state index contributed by atoms with van der Waals surface area (Å²) in [6.45, 7) is 2.16. The quantitative estimate of drug-likeness (QED) is 0.828. The summed E-state index contributed by atoms with van der Waals surface area (Å²) in [5.74, 6) is 0. The van der Waals surface area contributed by atoms with Gasteiger partial charge in [0.1, 0.15) is 5.01 Å². The molecule has 2 aromatic rings. The first-order chi connectivity index (χ1) is 6.29. The van der Waals surface area contributed by atoms with Crippen LogP contribution in [0.4, 0.5) is 0 Å². The van der Waals surface area contributed by atoms with Crippen LogP contribution < -0.4 is 0 Å². The maximum atomic E-state index is 8.88. The van der Waals surface area contributed by atoms with Crippen LogP contribution >= 0.6 is 22.7 Å². The van der Waals surface area contributed by atoms with Crippen LogP contribution in [0.2, 0.25) is 0 Å². The van der Waals surface area contributed by atoms with Crippen LogP contribution in [0.15, 0.2) is 17.6 Å². The summed E-state index contributed by atoms with van der Waals surface area (Å²) < 4.78 is 0. The number of aromatic nitrogens is 1. The normalized spacial score (nSPS) is 10.6. The van der Waals surface area contributed by atoms with Crippen LogP contribution in [0.25, 0.3) is 10.6 Å². The van der Waals surface area contributed by atoms with Crippen LogP contribution in [0.1, 0.15) is 9.75 Å². The number of rotatable bonds is 2. The lowest BCUT2D eigenvalue weighted by Gasteiger charge is -1.86. The summed E-state index contributed by atoms with van der Waals surface area (Å²) >= 11 is 3.27. The molecule has 2 heterocycles. The van der Waals surface area contributed by atoms with Crippen molar-refractivity contribution in [2.75, 3.05) is 0 Å². The molecule has 0 aliphatic carbocycles. The minimum Gasteiger partial charge on any atom is -0.391 e. The predicted molar refractivity (Wildman–Crippen MR) is 56.1 cm³/mol. The Morgan fingerprint density at radius 2 is 2.38 bits per heavy atom. The molecule has 0 saturated heterocycles. The van der Waals surface area contributed by atoms with Gasteiger partial charge in [0.15, 0.2) is 0 Å². The summed E-state index contributed by atoms with van der Waals surface area (Å²) in [6.07, 6.45) is 1.73. The number of hydrogen-bond acceptors (Lipinski definition) is 4. The number of aryl methyl sites for hydroxylation is 1. The Balaban J connectivity index is 2.35. The molecule has 0 amide bonds. The molecule has 2 aromatic heterocycles. The number of thiophene rings is 1. The van der Waals surface area contributed by atoms with Crippen molar-refractivity contribution in [3.8, 4) is 10.6 Å². The van der Waals surface area contributed by atoms with Gasteiger partial charge in [0.25, 0.3) is 0 Å². The van der Waals surface area contributed by atoms with Crippen molar-refractivity contribution in [2.24, 2.45) is 0 Å². The number of aliphatic hydroxyl groups is 1. The molecule has 0 bridgehead atoms. The Morgan fingerprint density at radius 3 is 2.92 bits per heavy atom. The van der Waals surface area contributed by atoms with Gasteiger partial charge < -0.3 is 5.11 Å². The molecule has 0 saturated carbocycles.